The number of carbonyl (C=O) groups excluding carboxylic acids is 1. The highest BCUT2D eigenvalue weighted by Crippen LogP contribution is 1.98. The molecule has 0 amide bonds. The van der Waals surface area contributed by atoms with Gasteiger partial charge in [0, 0.05) is 17.2 Å². The maximum atomic E-state index is 10.2. The van der Waals surface area contributed by atoms with Gasteiger partial charge in [-0.1, -0.05) is 42.4 Å². The summed E-state index contributed by atoms with van der Waals surface area (Å²) < 4.78 is 4.38. The highest BCUT2D eigenvalue weighted by molar-refractivity contribution is 6.55. The maximum Gasteiger partial charge on any atom is 0.332 e. The van der Waals surface area contributed by atoms with E-state index in [1.54, 1.807) is 6.92 Å². The van der Waals surface area contributed by atoms with Gasteiger partial charge in [-0.25, -0.2) is 14.4 Å². The number of hydrogen-bond acceptors (Lipinski definition) is 5. The lowest BCUT2D eigenvalue weighted by Crippen LogP contribution is -1.99. The minimum atomic E-state index is -1.24. The second-order valence-electron chi connectivity index (χ2n) is 3.97. The van der Waals surface area contributed by atoms with Gasteiger partial charge in [0.25, 0.3) is 0 Å². The normalized spacial score (nSPS) is 8.58. The molecule has 0 aromatic carbocycles. The van der Waals surface area contributed by atoms with E-state index in [-0.39, 0.29) is 22.5 Å². The summed E-state index contributed by atoms with van der Waals surface area (Å²) in [6, 6.07) is 0. The van der Waals surface area contributed by atoms with Crippen LogP contribution in [0.1, 0.15) is 20.3 Å². The molecule has 10 heteroatoms. The van der Waals surface area contributed by atoms with Gasteiger partial charge in [-0.2, -0.15) is 0 Å². The van der Waals surface area contributed by atoms with Crippen molar-refractivity contribution in [1.82, 2.24) is 0 Å². The third-order valence-electron chi connectivity index (χ3n) is 1.53. The van der Waals surface area contributed by atoms with Crippen LogP contribution in [0, 0.1) is 0 Å². The second-order valence-corrected chi connectivity index (χ2v) is 5.07. The highest BCUT2D eigenvalue weighted by atomic mass is 35.5. The molecule has 3 N–H and O–H groups in total. The van der Waals surface area contributed by atoms with Crippen molar-refractivity contribution in [2.75, 3.05) is 7.11 Å². The minimum Gasteiger partial charge on any atom is -0.481 e. The molecule has 0 rings (SSSR count). The van der Waals surface area contributed by atoms with Gasteiger partial charge in [-0.3, -0.25) is 4.79 Å². The number of ether oxygens (including phenoxy) is 1. The number of halogens is 2. The lowest BCUT2D eigenvalue weighted by Gasteiger charge is -1.91. The summed E-state index contributed by atoms with van der Waals surface area (Å²) in [7, 11) is 1.33. The first-order valence-corrected chi connectivity index (χ1v) is 7.19. The summed E-state index contributed by atoms with van der Waals surface area (Å²) in [6.07, 6.45) is 2.05. The summed E-state index contributed by atoms with van der Waals surface area (Å²) in [5.41, 5.74) is 0.255. The number of methoxy groups -OCH3 is 1. The van der Waals surface area contributed by atoms with Gasteiger partial charge in [0.1, 0.15) is 0 Å². The first kappa shape index (κ1) is 31.2. The number of rotatable bonds is 5. The van der Waals surface area contributed by atoms with Gasteiger partial charge in [-0.15, -0.1) is 6.58 Å². The van der Waals surface area contributed by atoms with E-state index >= 15 is 0 Å². The Kier molecular flexibility index (Phi) is 24.6. The van der Waals surface area contributed by atoms with Crippen LogP contribution in [0.2, 0.25) is 0 Å². The molecule has 0 aliphatic carbocycles. The molecule has 0 saturated carbocycles. The Morgan fingerprint density at radius 2 is 1.42 bits per heavy atom. The molecule has 0 aliphatic rings. The molecule has 0 unspecified atom stereocenters. The predicted molar refractivity (Wildman–Crippen MR) is 99.2 cm³/mol. The molecule has 0 spiro atoms. The monoisotopic (exact) mass is 412 g/mol. The Morgan fingerprint density at radius 1 is 1.04 bits per heavy atom. The van der Waals surface area contributed by atoms with E-state index in [1.807, 2.05) is 0 Å². The van der Waals surface area contributed by atoms with Crippen molar-refractivity contribution in [3.63, 3.8) is 0 Å². The van der Waals surface area contributed by atoms with E-state index in [1.165, 1.54) is 20.1 Å². The highest BCUT2D eigenvalue weighted by Gasteiger charge is 2.00. The summed E-state index contributed by atoms with van der Waals surface area (Å²) >= 11 is 9.69. The quantitative estimate of drug-likeness (QED) is 0.354. The molecule has 26 heavy (non-hydrogen) atoms. The van der Waals surface area contributed by atoms with E-state index in [9.17, 15) is 19.2 Å². The van der Waals surface area contributed by atoms with Crippen LogP contribution in [0.3, 0.4) is 0 Å². The molecule has 148 valence electrons. The fourth-order valence-electron chi connectivity index (χ4n) is 0.545. The van der Waals surface area contributed by atoms with Crippen molar-refractivity contribution in [2.24, 2.45) is 0 Å². The van der Waals surface area contributed by atoms with E-state index < -0.39 is 17.9 Å². The molecule has 8 nitrogen and oxygen atoms in total. The average molecular weight is 413 g/mol. The van der Waals surface area contributed by atoms with Crippen LogP contribution in [-0.4, -0.2) is 46.3 Å². The van der Waals surface area contributed by atoms with Gasteiger partial charge >= 0.3 is 23.9 Å². The maximum absolute atomic E-state index is 10.2. The summed E-state index contributed by atoms with van der Waals surface area (Å²) in [5, 5.41) is 23.9. The van der Waals surface area contributed by atoms with Crippen molar-refractivity contribution in [2.45, 2.75) is 20.3 Å². The number of aliphatic carboxylic acids is 3. The molecular formula is C16H22Cl2O8. The molecule has 0 radical (unpaired) electrons. The lowest BCUT2D eigenvalue weighted by atomic mass is 10.3. The zero-order valence-electron chi connectivity index (χ0n) is 14.6. The first-order valence-electron chi connectivity index (χ1n) is 6.43. The van der Waals surface area contributed by atoms with Crippen LogP contribution in [-0.2, 0) is 23.9 Å². The molecule has 0 aliphatic heterocycles. The molecule has 0 saturated heterocycles. The smallest absolute Gasteiger partial charge is 0.332 e. The van der Waals surface area contributed by atoms with Gasteiger partial charge in [0.2, 0.25) is 0 Å². The first-order chi connectivity index (χ1) is 11.7. The molecule has 0 fully saturated rings. The van der Waals surface area contributed by atoms with E-state index in [2.05, 4.69) is 24.5 Å². The number of esters is 1. The molecular weight excluding hydrogens is 391 g/mol. The minimum absolute atomic E-state index is 0.0556. The van der Waals surface area contributed by atoms with Crippen LogP contribution in [0.4, 0.5) is 0 Å². The molecule has 0 aromatic rings. The van der Waals surface area contributed by atoms with Crippen LogP contribution in [0.5, 0.6) is 0 Å². The van der Waals surface area contributed by atoms with Gasteiger partial charge in [-0.05, 0) is 13.8 Å². The fraction of sp³-hybridized carbons (Fsp3) is 0.250. The van der Waals surface area contributed by atoms with Crippen LogP contribution >= 0.6 is 23.2 Å². The zero-order valence-corrected chi connectivity index (χ0v) is 16.1. The topological polar surface area (TPSA) is 138 Å². The fourth-order valence-corrected chi connectivity index (χ4v) is 0.545. The van der Waals surface area contributed by atoms with Crippen LogP contribution < -0.4 is 0 Å². The van der Waals surface area contributed by atoms with Crippen molar-refractivity contribution in [3.8, 4) is 0 Å². The molecule has 0 heterocycles. The lowest BCUT2D eigenvalue weighted by molar-refractivity contribution is -0.136. The summed E-state index contributed by atoms with van der Waals surface area (Å²) in [6.45, 7) is 12.5. The Hall–Kier alpha value is -2.58. The van der Waals surface area contributed by atoms with E-state index in [0.717, 1.165) is 0 Å². The number of carbonyl (C=O) groups is 4. The second kappa shape index (κ2) is 20.5. The molecule has 0 atom stereocenters. The third-order valence-corrected chi connectivity index (χ3v) is 1.53. The van der Waals surface area contributed by atoms with Crippen LogP contribution in [0.25, 0.3) is 0 Å². The van der Waals surface area contributed by atoms with E-state index in [4.69, 9.17) is 38.5 Å². The van der Waals surface area contributed by atoms with Gasteiger partial charge in [0.05, 0.1) is 18.0 Å². The Labute approximate surface area is 161 Å². The Morgan fingerprint density at radius 3 is 1.46 bits per heavy atom. The number of carboxylic acids is 3. The average Bonchev–Trinajstić information content (AvgIpc) is 2.46. The summed E-state index contributed by atoms with van der Waals surface area (Å²) in [5.74, 6) is -3.63. The van der Waals surface area contributed by atoms with Crippen molar-refractivity contribution in [1.29, 1.82) is 0 Å². The van der Waals surface area contributed by atoms with E-state index in [0.29, 0.717) is 11.6 Å². The molecule has 0 bridgehead atoms. The Balaban J connectivity index is -0.000000129. The number of hydrogen-bond donors (Lipinski definition) is 3. The summed E-state index contributed by atoms with van der Waals surface area (Å²) in [4.78, 5) is 39.4. The standard InChI is InChI=1S/C5H6O4.C5H8O2.C4H6O2.C2H2Cl2/c1-3(5(8)9)2-4(6)7;1-4(2)5(6)7-3;1-2-3-4(5)6;1-2(3)4/h2H,1H3,(H,6,7)(H,8,9);1H2,2-3H3;2H,1,3H2,(H,5,6);1H2/b3-2-;;;. The van der Waals surface area contributed by atoms with Gasteiger partial charge < -0.3 is 20.1 Å². The van der Waals surface area contributed by atoms with Crippen LogP contribution in [0.15, 0.2) is 47.5 Å². The predicted octanol–water partition coefficient (Wildman–Crippen LogP) is 3.42. The van der Waals surface area contributed by atoms with Gasteiger partial charge in [0.15, 0.2) is 0 Å². The zero-order chi connectivity index (χ0) is 21.9. The largest absolute Gasteiger partial charge is 0.481 e. The van der Waals surface area contributed by atoms with Crippen molar-refractivity contribution < 1.29 is 39.2 Å². The number of carboxylic acid groups (broad SMARTS) is 3. The third kappa shape index (κ3) is 43.0. The molecule has 0 aromatic heterocycles. The SMILES string of the molecule is C/C(=C/C(=O)O)C(=O)O.C=C(C)C(=O)OC.C=C(Cl)Cl.C=CCC(=O)O. The van der Waals surface area contributed by atoms with Crippen molar-refractivity contribution in [3.05, 3.63) is 47.5 Å². The Bertz CT molecular complexity index is 546. The van der Waals surface area contributed by atoms with Crippen molar-refractivity contribution >= 4 is 47.1 Å².